The Labute approximate surface area is 86.5 Å². The molecule has 1 rings (SSSR count). The molecule has 0 radical (unpaired) electrons. The minimum Gasteiger partial charge on any atom is -0.478 e. The number of carboxylic acids is 1. The van der Waals surface area contributed by atoms with Crippen LogP contribution in [0.2, 0.25) is 0 Å². The van der Waals surface area contributed by atoms with E-state index in [2.05, 4.69) is 0 Å². The van der Waals surface area contributed by atoms with Crippen LogP contribution in [0.15, 0.2) is 18.2 Å². The molecule has 0 atom stereocenters. The summed E-state index contributed by atoms with van der Waals surface area (Å²) in [6, 6.07) is 3.89. The maximum Gasteiger partial charge on any atom is 0.340 e. The van der Waals surface area contributed by atoms with Crippen LogP contribution in [0, 0.1) is 0 Å². The van der Waals surface area contributed by atoms with Crippen molar-refractivity contribution in [1.29, 1.82) is 0 Å². The van der Waals surface area contributed by atoms with Crippen LogP contribution in [0.5, 0.6) is 0 Å². The van der Waals surface area contributed by atoms with Crippen LogP contribution in [0.3, 0.4) is 0 Å². The van der Waals surface area contributed by atoms with Crippen LogP contribution < -0.4 is 5.73 Å². The van der Waals surface area contributed by atoms with Gasteiger partial charge in [-0.15, -0.1) is 0 Å². The molecule has 1 aromatic rings. The molecule has 80 valence electrons. The number of carbonyl (C=O) groups is 2. The quantitative estimate of drug-likeness (QED) is 0.575. The molecule has 0 saturated heterocycles. The van der Waals surface area contributed by atoms with Crippen LogP contribution in [0.4, 0.5) is 5.69 Å². The van der Waals surface area contributed by atoms with Crippen molar-refractivity contribution < 1.29 is 19.4 Å². The highest BCUT2D eigenvalue weighted by Gasteiger charge is 2.12. The second-order valence-corrected chi connectivity index (χ2v) is 2.83. The first kappa shape index (κ1) is 11.0. The second-order valence-electron chi connectivity index (χ2n) is 2.83. The summed E-state index contributed by atoms with van der Waals surface area (Å²) in [6.45, 7) is 1.93. The van der Waals surface area contributed by atoms with Crippen molar-refractivity contribution >= 4 is 17.6 Å². The molecular weight excluding hydrogens is 198 g/mol. The second kappa shape index (κ2) is 4.45. The van der Waals surface area contributed by atoms with Crippen LogP contribution >= 0.6 is 0 Å². The zero-order valence-corrected chi connectivity index (χ0v) is 8.19. The van der Waals surface area contributed by atoms with Gasteiger partial charge >= 0.3 is 11.9 Å². The number of anilines is 1. The van der Waals surface area contributed by atoms with Gasteiger partial charge in [-0.3, -0.25) is 0 Å². The zero-order valence-electron chi connectivity index (χ0n) is 8.19. The third-order valence-electron chi connectivity index (χ3n) is 1.79. The van der Waals surface area contributed by atoms with Gasteiger partial charge in [-0.2, -0.15) is 0 Å². The molecule has 5 heteroatoms. The van der Waals surface area contributed by atoms with Gasteiger partial charge in [0.15, 0.2) is 0 Å². The summed E-state index contributed by atoms with van der Waals surface area (Å²) >= 11 is 0. The minimum atomic E-state index is -1.09. The monoisotopic (exact) mass is 209 g/mol. The molecule has 0 aliphatic heterocycles. The van der Waals surface area contributed by atoms with Gasteiger partial charge < -0.3 is 15.6 Å². The smallest absolute Gasteiger partial charge is 0.340 e. The first-order chi connectivity index (χ1) is 7.06. The molecular formula is C10H11NO4. The van der Waals surface area contributed by atoms with Gasteiger partial charge in [-0.1, -0.05) is 0 Å². The first-order valence-electron chi connectivity index (χ1n) is 4.36. The number of nitrogens with two attached hydrogens (primary N) is 1. The first-order valence-corrected chi connectivity index (χ1v) is 4.36. The van der Waals surface area contributed by atoms with Crippen LogP contribution in [0.1, 0.15) is 27.6 Å². The van der Waals surface area contributed by atoms with Gasteiger partial charge in [0.2, 0.25) is 0 Å². The van der Waals surface area contributed by atoms with Crippen molar-refractivity contribution in [3.05, 3.63) is 29.3 Å². The minimum absolute atomic E-state index is 0.0422. The Bertz CT molecular complexity index is 400. The highest BCUT2D eigenvalue weighted by molar-refractivity contribution is 5.97. The average molecular weight is 209 g/mol. The van der Waals surface area contributed by atoms with E-state index in [0.717, 1.165) is 0 Å². The summed E-state index contributed by atoms with van der Waals surface area (Å²) < 4.78 is 4.74. The van der Waals surface area contributed by atoms with Gasteiger partial charge in [-0.25, -0.2) is 9.59 Å². The van der Waals surface area contributed by atoms with E-state index in [1.165, 1.54) is 18.2 Å². The average Bonchev–Trinajstić information content (AvgIpc) is 2.17. The van der Waals surface area contributed by atoms with E-state index < -0.39 is 11.9 Å². The Hall–Kier alpha value is -2.04. The van der Waals surface area contributed by atoms with Crippen LogP contribution in [0.25, 0.3) is 0 Å². The van der Waals surface area contributed by atoms with Crippen molar-refractivity contribution in [2.75, 3.05) is 12.3 Å². The molecule has 15 heavy (non-hydrogen) atoms. The molecule has 0 saturated carbocycles. The highest BCUT2D eigenvalue weighted by Crippen LogP contribution is 2.15. The van der Waals surface area contributed by atoms with E-state index >= 15 is 0 Å². The van der Waals surface area contributed by atoms with Crippen molar-refractivity contribution in [2.45, 2.75) is 6.92 Å². The number of carboxylic acid groups (broad SMARTS) is 1. The summed E-state index contributed by atoms with van der Waals surface area (Å²) in [5, 5.41) is 8.67. The normalized spacial score (nSPS) is 9.67. The number of esters is 1. The lowest BCUT2D eigenvalue weighted by Gasteiger charge is -2.05. The molecule has 0 bridgehead atoms. The maximum atomic E-state index is 11.3. The summed E-state index contributed by atoms with van der Waals surface area (Å²) in [7, 11) is 0. The Morgan fingerprint density at radius 2 is 2.13 bits per heavy atom. The van der Waals surface area contributed by atoms with Crippen molar-refractivity contribution in [3.8, 4) is 0 Å². The van der Waals surface area contributed by atoms with Gasteiger partial charge in [0.1, 0.15) is 0 Å². The number of aromatic carboxylic acids is 1. The largest absolute Gasteiger partial charge is 0.478 e. The maximum absolute atomic E-state index is 11.3. The number of ether oxygens (including phenoxy) is 1. The lowest BCUT2D eigenvalue weighted by atomic mass is 10.1. The van der Waals surface area contributed by atoms with Crippen molar-refractivity contribution in [1.82, 2.24) is 0 Å². The number of benzene rings is 1. The van der Waals surface area contributed by atoms with E-state index in [9.17, 15) is 9.59 Å². The van der Waals surface area contributed by atoms with Crippen molar-refractivity contribution in [2.24, 2.45) is 0 Å². The van der Waals surface area contributed by atoms with Gasteiger partial charge in [0.25, 0.3) is 0 Å². The summed E-state index contributed by atoms with van der Waals surface area (Å²) in [4.78, 5) is 21.9. The standard InChI is InChI=1S/C10H11NO4/c1-2-15-10(14)7-4-3-6(9(12)13)5-8(7)11/h3-5H,2,11H2,1H3,(H,12,13). The topological polar surface area (TPSA) is 89.6 Å². The lowest BCUT2D eigenvalue weighted by molar-refractivity contribution is 0.0526. The SMILES string of the molecule is CCOC(=O)c1ccc(C(=O)O)cc1N. The lowest BCUT2D eigenvalue weighted by Crippen LogP contribution is -2.09. The molecule has 3 N–H and O–H groups in total. The third-order valence-corrected chi connectivity index (χ3v) is 1.79. The van der Waals surface area contributed by atoms with Crippen LogP contribution in [-0.2, 0) is 4.74 Å². The van der Waals surface area contributed by atoms with E-state index in [-0.39, 0.29) is 23.4 Å². The fourth-order valence-electron chi connectivity index (χ4n) is 1.09. The molecule has 0 aromatic heterocycles. The zero-order chi connectivity index (χ0) is 11.4. The van der Waals surface area contributed by atoms with E-state index in [0.29, 0.717) is 0 Å². The van der Waals surface area contributed by atoms with E-state index in [1.54, 1.807) is 6.92 Å². The number of hydrogen-bond acceptors (Lipinski definition) is 4. The Morgan fingerprint density at radius 3 is 2.60 bits per heavy atom. The molecule has 0 aliphatic carbocycles. The van der Waals surface area contributed by atoms with Gasteiger partial charge in [0, 0.05) is 5.69 Å². The van der Waals surface area contributed by atoms with Crippen LogP contribution in [-0.4, -0.2) is 23.7 Å². The van der Waals surface area contributed by atoms with E-state index in [1.807, 2.05) is 0 Å². The van der Waals surface area contributed by atoms with Gasteiger partial charge in [-0.05, 0) is 25.1 Å². The summed E-state index contributed by atoms with van der Waals surface area (Å²) in [6.07, 6.45) is 0. The number of hydrogen-bond donors (Lipinski definition) is 2. The molecule has 1 aromatic carbocycles. The highest BCUT2D eigenvalue weighted by atomic mass is 16.5. The Balaban J connectivity index is 3.03. The van der Waals surface area contributed by atoms with Gasteiger partial charge in [0.05, 0.1) is 17.7 Å². The fraction of sp³-hybridized carbons (Fsp3) is 0.200. The molecule has 0 unspecified atom stereocenters. The Kier molecular flexibility index (Phi) is 3.28. The number of rotatable bonds is 3. The third kappa shape index (κ3) is 2.46. The molecule has 0 spiro atoms. The number of carbonyl (C=O) groups excluding carboxylic acids is 1. The van der Waals surface area contributed by atoms with E-state index in [4.69, 9.17) is 15.6 Å². The predicted molar refractivity (Wildman–Crippen MR) is 53.8 cm³/mol. The molecule has 0 fully saturated rings. The predicted octanol–water partition coefficient (Wildman–Crippen LogP) is 1.14. The fourth-order valence-corrected chi connectivity index (χ4v) is 1.09. The molecule has 0 heterocycles. The molecule has 5 nitrogen and oxygen atoms in total. The Morgan fingerprint density at radius 1 is 1.47 bits per heavy atom. The number of nitrogen functional groups attached to an aromatic ring is 1. The molecule has 0 amide bonds. The molecule has 0 aliphatic rings. The summed E-state index contributed by atoms with van der Waals surface area (Å²) in [5.74, 6) is -1.64. The van der Waals surface area contributed by atoms with Crippen molar-refractivity contribution in [3.63, 3.8) is 0 Å². The summed E-state index contributed by atoms with van der Waals surface area (Å²) in [5.41, 5.74) is 5.86.